The Bertz CT molecular complexity index is 348. The molecule has 3 nitrogen and oxygen atoms in total. The summed E-state index contributed by atoms with van der Waals surface area (Å²) in [6, 6.07) is 8.09. The number of hydrogen-bond donors (Lipinski definition) is 2. The van der Waals surface area contributed by atoms with Crippen LogP contribution in [0.3, 0.4) is 0 Å². The topological polar surface area (TPSA) is 41.5 Å². The second kappa shape index (κ2) is 7.39. The smallest absolute Gasteiger partial charge is 0.119 e. The second-order valence-corrected chi connectivity index (χ2v) is 4.71. The maximum absolute atomic E-state index is 10.1. The quantitative estimate of drug-likeness (QED) is 0.697. The van der Waals surface area contributed by atoms with Crippen LogP contribution in [0.15, 0.2) is 24.3 Å². The van der Waals surface area contributed by atoms with Gasteiger partial charge in [-0.25, -0.2) is 0 Å². The highest BCUT2D eigenvalue weighted by Gasteiger charge is 2.20. The van der Waals surface area contributed by atoms with Crippen molar-refractivity contribution in [2.24, 2.45) is 0 Å². The lowest BCUT2D eigenvalue weighted by molar-refractivity contribution is 0.0328. The van der Waals surface area contributed by atoms with E-state index in [2.05, 4.69) is 11.4 Å². The fourth-order valence-corrected chi connectivity index (χ4v) is 1.88. The highest BCUT2D eigenvalue weighted by atomic mass is 16.5. The van der Waals surface area contributed by atoms with Gasteiger partial charge in [0.25, 0.3) is 0 Å². The van der Waals surface area contributed by atoms with Crippen molar-refractivity contribution >= 4 is 0 Å². The molecule has 0 atom stereocenters. The van der Waals surface area contributed by atoms with Crippen LogP contribution in [0, 0.1) is 0 Å². The van der Waals surface area contributed by atoms with Crippen molar-refractivity contribution < 1.29 is 9.84 Å². The molecular weight excluding hydrogens is 226 g/mol. The molecule has 3 heteroatoms. The van der Waals surface area contributed by atoms with E-state index in [9.17, 15) is 5.11 Å². The van der Waals surface area contributed by atoms with E-state index >= 15 is 0 Å². The molecule has 1 rings (SSSR count). The molecule has 0 aliphatic heterocycles. The number of hydrogen-bond acceptors (Lipinski definition) is 3. The molecule has 0 radical (unpaired) electrons. The molecule has 0 aromatic heterocycles. The molecule has 0 unspecified atom stereocenters. The number of rotatable bonds is 8. The Kier molecular flexibility index (Phi) is 6.16. The van der Waals surface area contributed by atoms with E-state index in [1.165, 1.54) is 5.56 Å². The standard InChI is InChI=1S/C15H25NO2/c1-4-15(17,5-2)12-16-10-9-13-7-6-8-14(11-13)18-3/h6-8,11,16-17H,4-5,9-10,12H2,1-3H3. The van der Waals surface area contributed by atoms with Gasteiger partial charge in [0.05, 0.1) is 12.7 Å². The molecule has 0 aliphatic rings. The molecule has 0 fully saturated rings. The molecule has 0 heterocycles. The van der Waals surface area contributed by atoms with Crippen LogP contribution in [0.25, 0.3) is 0 Å². The maximum atomic E-state index is 10.1. The zero-order valence-corrected chi connectivity index (χ0v) is 11.7. The molecule has 0 spiro atoms. The fraction of sp³-hybridized carbons (Fsp3) is 0.600. The lowest BCUT2D eigenvalue weighted by atomic mass is 9.97. The Morgan fingerprint density at radius 1 is 1.28 bits per heavy atom. The van der Waals surface area contributed by atoms with Crippen LogP contribution in [-0.2, 0) is 6.42 Å². The summed E-state index contributed by atoms with van der Waals surface area (Å²) < 4.78 is 5.19. The van der Waals surface area contributed by atoms with Crippen molar-refractivity contribution in [1.29, 1.82) is 0 Å². The third kappa shape index (κ3) is 4.67. The van der Waals surface area contributed by atoms with Crippen LogP contribution in [0.5, 0.6) is 5.75 Å². The van der Waals surface area contributed by atoms with Gasteiger partial charge < -0.3 is 15.2 Å². The van der Waals surface area contributed by atoms with Gasteiger partial charge in [0.2, 0.25) is 0 Å². The van der Waals surface area contributed by atoms with Gasteiger partial charge in [0.1, 0.15) is 5.75 Å². The lowest BCUT2D eigenvalue weighted by Crippen LogP contribution is -2.40. The molecule has 0 bridgehead atoms. The summed E-state index contributed by atoms with van der Waals surface area (Å²) in [5.41, 5.74) is 0.687. The predicted octanol–water partition coefficient (Wildman–Crippen LogP) is 2.38. The summed E-state index contributed by atoms with van der Waals surface area (Å²) in [6.45, 7) is 5.57. The van der Waals surface area contributed by atoms with Crippen molar-refractivity contribution in [2.45, 2.75) is 38.7 Å². The SMILES string of the molecule is CCC(O)(CC)CNCCc1cccc(OC)c1. The Morgan fingerprint density at radius 3 is 2.61 bits per heavy atom. The van der Waals surface area contributed by atoms with E-state index in [4.69, 9.17) is 4.74 Å². The van der Waals surface area contributed by atoms with Crippen LogP contribution in [-0.4, -0.2) is 30.9 Å². The van der Waals surface area contributed by atoms with Crippen LogP contribution >= 0.6 is 0 Å². The summed E-state index contributed by atoms with van der Waals surface area (Å²) >= 11 is 0. The molecule has 1 aromatic rings. The summed E-state index contributed by atoms with van der Waals surface area (Å²) in [5.74, 6) is 0.895. The first kappa shape index (κ1) is 15.0. The second-order valence-electron chi connectivity index (χ2n) is 4.71. The van der Waals surface area contributed by atoms with Crippen molar-refractivity contribution in [1.82, 2.24) is 5.32 Å². The molecular formula is C15H25NO2. The van der Waals surface area contributed by atoms with Gasteiger partial charge in [0, 0.05) is 6.54 Å². The zero-order valence-electron chi connectivity index (χ0n) is 11.7. The van der Waals surface area contributed by atoms with E-state index in [1.54, 1.807) is 7.11 Å². The van der Waals surface area contributed by atoms with Crippen LogP contribution in [0.2, 0.25) is 0 Å². The molecule has 0 saturated carbocycles. The van der Waals surface area contributed by atoms with E-state index < -0.39 is 5.60 Å². The van der Waals surface area contributed by atoms with E-state index in [1.807, 2.05) is 32.0 Å². The molecule has 0 aliphatic carbocycles. The minimum absolute atomic E-state index is 0.561. The molecule has 102 valence electrons. The van der Waals surface area contributed by atoms with E-state index in [-0.39, 0.29) is 0 Å². The normalized spacial score (nSPS) is 11.6. The Balaban J connectivity index is 2.33. The van der Waals surface area contributed by atoms with Gasteiger partial charge in [-0.3, -0.25) is 0 Å². The molecule has 2 N–H and O–H groups in total. The summed E-state index contributed by atoms with van der Waals surface area (Å²) in [7, 11) is 1.68. The molecule has 1 aromatic carbocycles. The minimum atomic E-state index is -0.561. The van der Waals surface area contributed by atoms with Gasteiger partial charge in [-0.2, -0.15) is 0 Å². The van der Waals surface area contributed by atoms with Crippen LogP contribution < -0.4 is 10.1 Å². The van der Waals surface area contributed by atoms with Crippen molar-refractivity contribution in [3.8, 4) is 5.75 Å². The third-order valence-electron chi connectivity index (χ3n) is 3.49. The highest BCUT2D eigenvalue weighted by Crippen LogP contribution is 2.14. The first-order valence-corrected chi connectivity index (χ1v) is 6.69. The maximum Gasteiger partial charge on any atom is 0.119 e. The minimum Gasteiger partial charge on any atom is -0.497 e. The highest BCUT2D eigenvalue weighted by molar-refractivity contribution is 5.28. The third-order valence-corrected chi connectivity index (χ3v) is 3.49. The summed E-state index contributed by atoms with van der Waals surface area (Å²) in [5, 5.41) is 13.4. The van der Waals surface area contributed by atoms with Gasteiger partial charge in [0.15, 0.2) is 0 Å². The molecule has 0 amide bonds. The summed E-state index contributed by atoms with van der Waals surface area (Å²) in [4.78, 5) is 0. The largest absolute Gasteiger partial charge is 0.497 e. The predicted molar refractivity (Wildman–Crippen MR) is 75.1 cm³/mol. The Labute approximate surface area is 110 Å². The number of nitrogens with one attached hydrogen (secondary N) is 1. The van der Waals surface area contributed by atoms with Gasteiger partial charge in [-0.1, -0.05) is 26.0 Å². The first-order valence-electron chi connectivity index (χ1n) is 6.69. The average Bonchev–Trinajstić information content (AvgIpc) is 2.43. The number of benzene rings is 1. The monoisotopic (exact) mass is 251 g/mol. The van der Waals surface area contributed by atoms with Gasteiger partial charge in [-0.15, -0.1) is 0 Å². The first-order chi connectivity index (χ1) is 8.63. The zero-order chi connectivity index (χ0) is 13.4. The Morgan fingerprint density at radius 2 is 2.00 bits per heavy atom. The summed E-state index contributed by atoms with van der Waals surface area (Å²) in [6.07, 6.45) is 2.52. The fourth-order valence-electron chi connectivity index (χ4n) is 1.88. The van der Waals surface area contributed by atoms with E-state index in [0.717, 1.165) is 31.6 Å². The van der Waals surface area contributed by atoms with Crippen molar-refractivity contribution in [3.63, 3.8) is 0 Å². The Hall–Kier alpha value is -1.06. The lowest BCUT2D eigenvalue weighted by Gasteiger charge is -2.25. The van der Waals surface area contributed by atoms with Crippen LogP contribution in [0.4, 0.5) is 0 Å². The van der Waals surface area contributed by atoms with Gasteiger partial charge in [-0.05, 0) is 43.5 Å². The van der Waals surface area contributed by atoms with Crippen molar-refractivity contribution in [2.75, 3.05) is 20.2 Å². The van der Waals surface area contributed by atoms with E-state index in [0.29, 0.717) is 6.54 Å². The molecule has 18 heavy (non-hydrogen) atoms. The van der Waals surface area contributed by atoms with Gasteiger partial charge >= 0.3 is 0 Å². The van der Waals surface area contributed by atoms with Crippen molar-refractivity contribution in [3.05, 3.63) is 29.8 Å². The number of ether oxygens (including phenoxy) is 1. The van der Waals surface area contributed by atoms with Crippen LogP contribution in [0.1, 0.15) is 32.3 Å². The number of aliphatic hydroxyl groups is 1. The number of methoxy groups -OCH3 is 1. The molecule has 0 saturated heterocycles. The average molecular weight is 251 g/mol.